The Bertz CT molecular complexity index is 797. The van der Waals surface area contributed by atoms with Gasteiger partial charge in [-0.25, -0.2) is 0 Å². The van der Waals surface area contributed by atoms with Crippen LogP contribution in [0.4, 0.5) is 11.4 Å². The largest absolute Gasteiger partial charge is 0.492 e. The Hall–Kier alpha value is -2.24. The monoisotopic (exact) mass is 408 g/mol. The molecule has 2 N–H and O–H groups in total. The molecular weight excluding hydrogens is 387 g/mol. The van der Waals surface area contributed by atoms with Gasteiger partial charge < -0.3 is 15.4 Å². The lowest BCUT2D eigenvalue weighted by atomic mass is 10.2. The summed E-state index contributed by atoms with van der Waals surface area (Å²) in [7, 11) is 0. The third kappa shape index (κ3) is 7.12. The molecule has 0 atom stereocenters. The molecular formula is C20H22Cl2N2O3. The molecule has 2 aromatic rings. The maximum absolute atomic E-state index is 12.2. The quantitative estimate of drug-likeness (QED) is 0.535. The van der Waals surface area contributed by atoms with Crippen LogP contribution in [0.2, 0.25) is 10.0 Å². The topological polar surface area (TPSA) is 67.4 Å². The molecule has 0 bridgehead atoms. The Labute approximate surface area is 169 Å². The van der Waals surface area contributed by atoms with Gasteiger partial charge in [0.2, 0.25) is 11.8 Å². The van der Waals surface area contributed by atoms with Crippen LogP contribution in [0, 0.1) is 0 Å². The van der Waals surface area contributed by atoms with Crippen LogP contribution in [0.1, 0.15) is 32.6 Å². The molecule has 0 aromatic heterocycles. The van der Waals surface area contributed by atoms with Gasteiger partial charge in [0, 0.05) is 17.9 Å². The van der Waals surface area contributed by atoms with E-state index in [1.807, 2.05) is 6.92 Å². The van der Waals surface area contributed by atoms with Crippen molar-refractivity contribution in [1.82, 2.24) is 0 Å². The Morgan fingerprint density at radius 3 is 2.19 bits per heavy atom. The van der Waals surface area contributed by atoms with Crippen LogP contribution in [0.15, 0.2) is 42.5 Å². The van der Waals surface area contributed by atoms with Gasteiger partial charge in [-0.15, -0.1) is 0 Å². The fourth-order valence-corrected chi connectivity index (χ4v) is 2.82. The van der Waals surface area contributed by atoms with E-state index in [0.717, 1.165) is 6.42 Å². The van der Waals surface area contributed by atoms with Crippen molar-refractivity contribution in [3.8, 4) is 5.75 Å². The van der Waals surface area contributed by atoms with E-state index in [9.17, 15) is 9.59 Å². The summed E-state index contributed by atoms with van der Waals surface area (Å²) in [6.45, 7) is 2.29. The van der Waals surface area contributed by atoms with Crippen LogP contribution in [0.3, 0.4) is 0 Å². The second-order valence-electron chi connectivity index (χ2n) is 5.92. The third-order valence-corrected chi connectivity index (χ3v) is 4.18. The number of rotatable bonds is 9. The summed E-state index contributed by atoms with van der Waals surface area (Å²) in [6, 6.07) is 12.1. The molecule has 7 heteroatoms. The van der Waals surface area contributed by atoms with Crippen LogP contribution >= 0.6 is 23.2 Å². The minimum absolute atomic E-state index is 0.0764. The van der Waals surface area contributed by atoms with Crippen molar-refractivity contribution < 1.29 is 14.3 Å². The molecule has 0 radical (unpaired) electrons. The molecule has 0 unspecified atom stereocenters. The Morgan fingerprint density at radius 1 is 0.963 bits per heavy atom. The smallest absolute Gasteiger partial charge is 0.224 e. The number of hydrogen-bond acceptors (Lipinski definition) is 3. The van der Waals surface area contributed by atoms with Crippen molar-refractivity contribution in [3.63, 3.8) is 0 Å². The molecule has 0 saturated heterocycles. The zero-order valence-corrected chi connectivity index (χ0v) is 16.6. The van der Waals surface area contributed by atoms with E-state index in [0.29, 0.717) is 46.6 Å². The summed E-state index contributed by atoms with van der Waals surface area (Å²) in [5, 5.41) is 6.61. The average Bonchev–Trinajstić information content (AvgIpc) is 2.62. The van der Waals surface area contributed by atoms with E-state index in [-0.39, 0.29) is 18.2 Å². The normalized spacial score (nSPS) is 10.3. The second kappa shape index (κ2) is 10.8. The minimum Gasteiger partial charge on any atom is -0.492 e. The van der Waals surface area contributed by atoms with Crippen LogP contribution in [0.5, 0.6) is 5.75 Å². The van der Waals surface area contributed by atoms with E-state index >= 15 is 0 Å². The Morgan fingerprint density at radius 2 is 1.59 bits per heavy atom. The number of ether oxygens (including phenoxy) is 1. The highest BCUT2D eigenvalue weighted by Gasteiger charge is 2.09. The number of nitrogens with one attached hydrogen (secondary N) is 2. The maximum Gasteiger partial charge on any atom is 0.224 e. The standard InChI is InChI=1S/C20H22Cl2N2O3/c1-2-6-19(25)23-16-7-3-4-8-17(16)24-20(26)9-5-12-27-18-11-10-14(21)13-15(18)22/h3-4,7-8,10-11,13H,2,5-6,9,12H2,1H3,(H,23,25)(H,24,26). The predicted molar refractivity (Wildman–Crippen MR) is 110 cm³/mol. The Kier molecular flexibility index (Phi) is 8.43. The highest BCUT2D eigenvalue weighted by molar-refractivity contribution is 6.35. The summed E-state index contributed by atoms with van der Waals surface area (Å²) >= 11 is 11.9. The summed E-state index contributed by atoms with van der Waals surface area (Å²) in [6.07, 6.45) is 2.00. The molecule has 2 amide bonds. The van der Waals surface area contributed by atoms with E-state index < -0.39 is 0 Å². The average molecular weight is 409 g/mol. The van der Waals surface area contributed by atoms with Crippen molar-refractivity contribution in [2.45, 2.75) is 32.6 Å². The number of amides is 2. The molecule has 0 fully saturated rings. The zero-order valence-electron chi connectivity index (χ0n) is 15.1. The number of carbonyl (C=O) groups is 2. The van der Waals surface area contributed by atoms with Crippen molar-refractivity contribution in [2.75, 3.05) is 17.2 Å². The molecule has 0 aliphatic rings. The molecule has 2 aromatic carbocycles. The van der Waals surface area contributed by atoms with E-state index in [4.69, 9.17) is 27.9 Å². The number of benzene rings is 2. The Balaban J connectivity index is 1.81. The van der Waals surface area contributed by atoms with Crippen molar-refractivity contribution in [3.05, 3.63) is 52.5 Å². The lowest BCUT2D eigenvalue weighted by Gasteiger charge is -2.12. The SMILES string of the molecule is CCCC(=O)Nc1ccccc1NC(=O)CCCOc1ccc(Cl)cc1Cl. The fourth-order valence-electron chi connectivity index (χ4n) is 2.36. The number of hydrogen-bond donors (Lipinski definition) is 2. The summed E-state index contributed by atoms with van der Waals surface area (Å²) in [5.41, 5.74) is 1.17. The number of carbonyl (C=O) groups excluding carboxylic acids is 2. The first-order valence-electron chi connectivity index (χ1n) is 8.76. The zero-order chi connectivity index (χ0) is 19.6. The van der Waals surface area contributed by atoms with Crippen molar-refractivity contribution >= 4 is 46.4 Å². The number of para-hydroxylation sites is 2. The molecule has 144 valence electrons. The molecule has 0 aliphatic heterocycles. The first-order valence-corrected chi connectivity index (χ1v) is 9.51. The van der Waals surface area contributed by atoms with E-state index in [1.54, 1.807) is 42.5 Å². The summed E-state index contributed by atoms with van der Waals surface area (Å²) < 4.78 is 5.57. The third-order valence-electron chi connectivity index (χ3n) is 3.65. The van der Waals surface area contributed by atoms with Gasteiger partial charge in [-0.2, -0.15) is 0 Å². The molecule has 0 aliphatic carbocycles. The van der Waals surface area contributed by atoms with Gasteiger partial charge in [0.25, 0.3) is 0 Å². The first kappa shape index (κ1) is 21.1. The maximum atomic E-state index is 12.2. The van der Waals surface area contributed by atoms with Crippen molar-refractivity contribution in [2.24, 2.45) is 0 Å². The predicted octanol–water partition coefficient (Wildman–Crippen LogP) is 5.53. The van der Waals surface area contributed by atoms with Crippen LogP contribution in [-0.2, 0) is 9.59 Å². The molecule has 27 heavy (non-hydrogen) atoms. The highest BCUT2D eigenvalue weighted by Crippen LogP contribution is 2.27. The van der Waals surface area contributed by atoms with Crippen LogP contribution in [0.25, 0.3) is 0 Å². The fraction of sp³-hybridized carbons (Fsp3) is 0.300. The number of halogens is 2. The van der Waals surface area contributed by atoms with Gasteiger partial charge >= 0.3 is 0 Å². The van der Waals surface area contributed by atoms with Gasteiger partial charge in [-0.3, -0.25) is 9.59 Å². The first-order chi connectivity index (χ1) is 13.0. The highest BCUT2D eigenvalue weighted by atomic mass is 35.5. The molecule has 0 saturated carbocycles. The van der Waals surface area contributed by atoms with Crippen LogP contribution in [-0.4, -0.2) is 18.4 Å². The van der Waals surface area contributed by atoms with E-state index in [1.165, 1.54) is 0 Å². The van der Waals surface area contributed by atoms with Gasteiger partial charge in [0.15, 0.2) is 0 Å². The van der Waals surface area contributed by atoms with Gasteiger partial charge in [-0.1, -0.05) is 42.3 Å². The summed E-state index contributed by atoms with van der Waals surface area (Å²) in [4.78, 5) is 24.0. The van der Waals surface area contributed by atoms with Gasteiger partial charge in [-0.05, 0) is 43.2 Å². The van der Waals surface area contributed by atoms with Gasteiger partial charge in [0.1, 0.15) is 5.75 Å². The van der Waals surface area contributed by atoms with E-state index in [2.05, 4.69) is 10.6 Å². The molecule has 2 rings (SSSR count). The molecule has 0 spiro atoms. The van der Waals surface area contributed by atoms with Crippen LogP contribution < -0.4 is 15.4 Å². The second-order valence-corrected chi connectivity index (χ2v) is 6.76. The molecule has 5 nitrogen and oxygen atoms in total. The minimum atomic E-state index is -0.155. The lowest BCUT2D eigenvalue weighted by Crippen LogP contribution is -2.16. The molecule has 0 heterocycles. The van der Waals surface area contributed by atoms with Crippen molar-refractivity contribution in [1.29, 1.82) is 0 Å². The summed E-state index contributed by atoms with van der Waals surface area (Å²) in [5.74, 6) is 0.302. The lowest BCUT2D eigenvalue weighted by molar-refractivity contribution is -0.117. The number of anilines is 2. The van der Waals surface area contributed by atoms with Gasteiger partial charge in [0.05, 0.1) is 23.0 Å².